The van der Waals surface area contributed by atoms with Crippen molar-refractivity contribution in [2.75, 3.05) is 4.43 Å². The first-order chi connectivity index (χ1) is 2.77. The smallest absolute Gasteiger partial charge is 0.0633 e. The van der Waals surface area contributed by atoms with Crippen LogP contribution >= 0.6 is 67.8 Å². The molecular weight excluding hydrogens is 417 g/mol. The van der Waals surface area contributed by atoms with Gasteiger partial charge in [0, 0.05) is 4.43 Å². The van der Waals surface area contributed by atoms with Gasteiger partial charge in [-0.25, -0.2) is 0 Å². The molecule has 0 amide bonds. The van der Waals surface area contributed by atoms with Gasteiger partial charge in [0.2, 0.25) is 0 Å². The van der Waals surface area contributed by atoms with Crippen molar-refractivity contribution < 1.29 is 0 Å². The van der Waals surface area contributed by atoms with E-state index in [0.717, 1.165) is 1.93 Å². The molecular formula is C3H5I3. The van der Waals surface area contributed by atoms with Gasteiger partial charge in [-0.15, -0.1) is 0 Å². The van der Waals surface area contributed by atoms with Crippen LogP contribution in [0.4, 0.5) is 0 Å². The van der Waals surface area contributed by atoms with Crippen LogP contribution in [0.2, 0.25) is 0 Å². The highest BCUT2D eigenvalue weighted by molar-refractivity contribution is 14.2. The highest BCUT2D eigenvalue weighted by atomic mass is 127. The second-order valence-electron chi connectivity index (χ2n) is 0.869. The Morgan fingerprint density at radius 1 is 1.33 bits per heavy atom. The molecule has 0 N–H and O–H groups in total. The summed E-state index contributed by atoms with van der Waals surface area (Å²) in [4.78, 5) is 0. The summed E-state index contributed by atoms with van der Waals surface area (Å²) in [6, 6.07) is 0. The van der Waals surface area contributed by atoms with Crippen LogP contribution in [0.5, 0.6) is 0 Å². The van der Waals surface area contributed by atoms with Crippen LogP contribution in [-0.4, -0.2) is 6.36 Å². The lowest BCUT2D eigenvalue weighted by molar-refractivity contribution is 1.15. The molecule has 0 nitrogen and oxygen atoms in total. The summed E-state index contributed by atoms with van der Waals surface area (Å²) < 4.78 is 2.12. The van der Waals surface area contributed by atoms with Crippen molar-refractivity contribution in [1.82, 2.24) is 0 Å². The molecule has 3 heteroatoms. The Hall–Kier alpha value is 2.19. The molecule has 0 bridgehead atoms. The first-order valence-corrected chi connectivity index (χ1v) is 5.63. The molecule has 0 aliphatic carbocycles. The third-order valence-corrected chi connectivity index (χ3v) is 2.20. The Kier molecular flexibility index (Phi) is 7.27. The summed E-state index contributed by atoms with van der Waals surface area (Å²) in [6.45, 7) is 0. The lowest BCUT2D eigenvalue weighted by Crippen LogP contribution is -1.81. The molecule has 0 fully saturated rings. The monoisotopic (exact) mass is 422 g/mol. The van der Waals surface area contributed by atoms with E-state index in [1.165, 1.54) is 10.8 Å². The number of alkyl halides is 3. The van der Waals surface area contributed by atoms with Crippen LogP contribution in [0, 0.1) is 0 Å². The minimum absolute atomic E-state index is 0.831. The highest BCUT2D eigenvalue weighted by Crippen LogP contribution is 2.14. The van der Waals surface area contributed by atoms with E-state index in [2.05, 4.69) is 67.8 Å². The molecule has 0 rings (SSSR count). The van der Waals surface area contributed by atoms with Crippen molar-refractivity contribution >= 4 is 67.8 Å². The van der Waals surface area contributed by atoms with E-state index in [9.17, 15) is 0 Å². The molecule has 0 saturated carbocycles. The van der Waals surface area contributed by atoms with Gasteiger partial charge in [0.15, 0.2) is 0 Å². The van der Waals surface area contributed by atoms with E-state index in [4.69, 9.17) is 0 Å². The van der Waals surface area contributed by atoms with Crippen molar-refractivity contribution in [3.8, 4) is 0 Å². The Morgan fingerprint density at radius 2 is 1.83 bits per heavy atom. The summed E-state index contributed by atoms with van der Waals surface area (Å²) in [6.07, 6.45) is 1.34. The molecule has 0 atom stereocenters. The normalized spacial score (nSPS) is 10.0. The van der Waals surface area contributed by atoms with Crippen LogP contribution in [0.1, 0.15) is 6.42 Å². The van der Waals surface area contributed by atoms with E-state index in [1.807, 2.05) is 0 Å². The minimum Gasteiger partial charge on any atom is -0.0863 e. The third-order valence-electron chi connectivity index (χ3n) is 0.327. The van der Waals surface area contributed by atoms with Gasteiger partial charge in [0.25, 0.3) is 0 Å². The maximum Gasteiger partial charge on any atom is 0.0633 e. The fourth-order valence-corrected chi connectivity index (χ4v) is 3.71. The molecule has 38 valence electrons. The number of halogens is 3. The lowest BCUT2D eigenvalue weighted by atomic mass is 10.6. The van der Waals surface area contributed by atoms with Gasteiger partial charge in [-0.1, -0.05) is 67.8 Å². The van der Waals surface area contributed by atoms with Gasteiger partial charge >= 0.3 is 0 Å². The Labute approximate surface area is 79.3 Å². The molecule has 0 saturated heterocycles. The molecule has 0 aromatic carbocycles. The van der Waals surface area contributed by atoms with Gasteiger partial charge in [-0.05, 0) is 6.42 Å². The van der Waals surface area contributed by atoms with Crippen LogP contribution < -0.4 is 0 Å². The van der Waals surface area contributed by atoms with Crippen molar-refractivity contribution in [3.63, 3.8) is 0 Å². The first kappa shape index (κ1) is 8.19. The van der Waals surface area contributed by atoms with E-state index in [1.54, 1.807) is 0 Å². The molecule has 0 aliphatic heterocycles. The maximum atomic E-state index is 2.42. The average molecular weight is 422 g/mol. The summed E-state index contributed by atoms with van der Waals surface area (Å²) in [5.41, 5.74) is 0. The zero-order chi connectivity index (χ0) is 4.99. The van der Waals surface area contributed by atoms with E-state index in [0.29, 0.717) is 0 Å². The Morgan fingerprint density at radius 3 is 1.83 bits per heavy atom. The van der Waals surface area contributed by atoms with Gasteiger partial charge in [-0.3, -0.25) is 0 Å². The van der Waals surface area contributed by atoms with Crippen LogP contribution in [0.3, 0.4) is 0 Å². The molecule has 0 radical (unpaired) electrons. The topological polar surface area (TPSA) is 0 Å². The molecule has 0 heterocycles. The Bertz CT molecular complexity index is 27.2. The number of hydrogen-bond acceptors (Lipinski definition) is 0. The SMILES string of the molecule is ICCC(I)I. The molecule has 6 heavy (non-hydrogen) atoms. The van der Waals surface area contributed by atoms with Crippen molar-refractivity contribution in [3.05, 3.63) is 0 Å². The third kappa shape index (κ3) is 6.19. The zero-order valence-electron chi connectivity index (χ0n) is 3.13. The fourth-order valence-electron chi connectivity index (χ4n) is 0.0825. The highest BCUT2D eigenvalue weighted by Gasteiger charge is 1.90. The van der Waals surface area contributed by atoms with E-state index in [-0.39, 0.29) is 0 Å². The minimum atomic E-state index is 0.831. The second-order valence-corrected chi connectivity index (χ2v) is 7.34. The second kappa shape index (κ2) is 5.33. The van der Waals surface area contributed by atoms with Crippen molar-refractivity contribution in [2.45, 2.75) is 8.35 Å². The predicted octanol–water partition coefficient (Wildman–Crippen LogP) is 3.01. The summed E-state index contributed by atoms with van der Waals surface area (Å²) in [5, 5.41) is 0. The quantitative estimate of drug-likeness (QED) is 0.475. The molecule has 0 aliphatic rings. The first-order valence-electron chi connectivity index (χ1n) is 1.61. The predicted molar refractivity (Wildman–Crippen MR) is 55.3 cm³/mol. The van der Waals surface area contributed by atoms with E-state index < -0.39 is 0 Å². The van der Waals surface area contributed by atoms with Gasteiger partial charge in [0.1, 0.15) is 0 Å². The van der Waals surface area contributed by atoms with E-state index >= 15 is 0 Å². The molecule has 0 aromatic heterocycles. The summed E-state index contributed by atoms with van der Waals surface area (Å²) >= 11 is 7.24. The van der Waals surface area contributed by atoms with Crippen molar-refractivity contribution in [2.24, 2.45) is 0 Å². The molecule has 0 unspecified atom stereocenters. The summed E-state index contributed by atoms with van der Waals surface area (Å²) in [5.74, 6) is 0. The molecule has 0 spiro atoms. The number of hydrogen-bond donors (Lipinski definition) is 0. The zero-order valence-corrected chi connectivity index (χ0v) is 9.60. The molecule has 0 aromatic rings. The lowest BCUT2D eigenvalue weighted by Gasteiger charge is -1.90. The number of rotatable bonds is 2. The van der Waals surface area contributed by atoms with Gasteiger partial charge in [0.05, 0.1) is 1.93 Å². The Balaban J connectivity index is 2.63. The van der Waals surface area contributed by atoms with Crippen molar-refractivity contribution in [1.29, 1.82) is 0 Å². The standard InChI is InChI=1S/C3H5I3/c4-2-1-3(5)6/h3H,1-2H2. The maximum absolute atomic E-state index is 2.42. The van der Waals surface area contributed by atoms with Crippen LogP contribution in [0.15, 0.2) is 0 Å². The van der Waals surface area contributed by atoms with Gasteiger partial charge < -0.3 is 0 Å². The van der Waals surface area contributed by atoms with Gasteiger partial charge in [-0.2, -0.15) is 0 Å². The average Bonchev–Trinajstić information content (AvgIpc) is 1.35. The van der Waals surface area contributed by atoms with Crippen LogP contribution in [-0.2, 0) is 0 Å². The summed E-state index contributed by atoms with van der Waals surface area (Å²) in [7, 11) is 0. The fraction of sp³-hybridized carbons (Fsp3) is 1.00. The largest absolute Gasteiger partial charge is 0.0863 e. The van der Waals surface area contributed by atoms with Crippen LogP contribution in [0.25, 0.3) is 0 Å².